The number of halogens is 2. The molecule has 0 amide bonds. The molecule has 0 aliphatic rings. The summed E-state index contributed by atoms with van der Waals surface area (Å²) in [6.45, 7) is 1.86. The highest BCUT2D eigenvalue weighted by Crippen LogP contribution is 2.39. The fourth-order valence-electron chi connectivity index (χ4n) is 1.90. The fourth-order valence-corrected chi connectivity index (χ4v) is 2.89. The number of hydrogen-bond acceptors (Lipinski definition) is 2. The highest BCUT2D eigenvalue weighted by atomic mass is 35.5. The molecule has 0 radical (unpaired) electrons. The quantitative estimate of drug-likeness (QED) is 0.544. The number of para-hydroxylation sites is 1. The van der Waals surface area contributed by atoms with Crippen molar-refractivity contribution in [2.75, 3.05) is 11.9 Å². The lowest BCUT2D eigenvalue weighted by molar-refractivity contribution is 1.21. The maximum absolute atomic E-state index is 6.44. The standard InChI is InChI=1S/C15H13Cl2NS/c1-10(19)12-8-9-13(16)15(14(12)17)18(2)11-6-4-3-5-7-11/h3-9H,1-2H3. The first-order valence-electron chi connectivity index (χ1n) is 5.80. The van der Waals surface area contributed by atoms with Gasteiger partial charge in [0.05, 0.1) is 15.7 Å². The average Bonchev–Trinajstić information content (AvgIpc) is 2.39. The SMILES string of the molecule is CC(=S)c1ccc(Cl)c(N(C)c2ccccc2)c1Cl. The van der Waals surface area contributed by atoms with Crippen molar-refractivity contribution < 1.29 is 0 Å². The Morgan fingerprint density at radius 3 is 2.26 bits per heavy atom. The molecule has 0 heterocycles. The van der Waals surface area contributed by atoms with Crippen LogP contribution in [0, 0.1) is 0 Å². The van der Waals surface area contributed by atoms with E-state index in [4.69, 9.17) is 35.4 Å². The minimum Gasteiger partial charge on any atom is -0.342 e. The van der Waals surface area contributed by atoms with Crippen molar-refractivity contribution in [2.24, 2.45) is 0 Å². The van der Waals surface area contributed by atoms with E-state index in [0.29, 0.717) is 10.0 Å². The molecule has 0 unspecified atom stereocenters. The van der Waals surface area contributed by atoms with Gasteiger partial charge in [-0.3, -0.25) is 0 Å². The molecule has 0 aliphatic carbocycles. The van der Waals surface area contributed by atoms with Gasteiger partial charge in [0.15, 0.2) is 0 Å². The first-order valence-corrected chi connectivity index (χ1v) is 6.96. The summed E-state index contributed by atoms with van der Waals surface area (Å²) in [5.74, 6) is 0. The molecule has 0 bridgehead atoms. The molecule has 4 heteroatoms. The summed E-state index contributed by atoms with van der Waals surface area (Å²) >= 11 is 17.9. The molecule has 2 aromatic rings. The van der Waals surface area contributed by atoms with Crippen LogP contribution in [0.1, 0.15) is 12.5 Å². The first kappa shape index (κ1) is 14.3. The van der Waals surface area contributed by atoms with Crippen LogP contribution >= 0.6 is 35.4 Å². The van der Waals surface area contributed by atoms with E-state index in [1.807, 2.05) is 61.3 Å². The summed E-state index contributed by atoms with van der Waals surface area (Å²) in [6, 6.07) is 13.6. The van der Waals surface area contributed by atoms with Gasteiger partial charge in [0.25, 0.3) is 0 Å². The van der Waals surface area contributed by atoms with Crippen molar-refractivity contribution in [3.63, 3.8) is 0 Å². The van der Waals surface area contributed by atoms with E-state index in [9.17, 15) is 0 Å². The molecule has 98 valence electrons. The molecule has 0 N–H and O–H groups in total. The van der Waals surface area contributed by atoms with Gasteiger partial charge in [-0.1, -0.05) is 59.7 Å². The zero-order chi connectivity index (χ0) is 14.0. The molecule has 0 spiro atoms. The van der Waals surface area contributed by atoms with Crippen LogP contribution in [0.15, 0.2) is 42.5 Å². The molecular weight excluding hydrogens is 297 g/mol. The van der Waals surface area contributed by atoms with Crippen LogP contribution in [-0.2, 0) is 0 Å². The van der Waals surface area contributed by atoms with Crippen LogP contribution in [0.3, 0.4) is 0 Å². The Bertz CT molecular complexity index is 611. The predicted molar refractivity (Wildman–Crippen MR) is 88.3 cm³/mol. The van der Waals surface area contributed by atoms with Gasteiger partial charge in [-0.2, -0.15) is 0 Å². The minimum atomic E-state index is 0.589. The highest BCUT2D eigenvalue weighted by Gasteiger charge is 2.16. The largest absolute Gasteiger partial charge is 0.342 e. The van der Waals surface area contributed by atoms with Crippen molar-refractivity contribution in [3.8, 4) is 0 Å². The first-order chi connectivity index (χ1) is 9.02. The van der Waals surface area contributed by atoms with Crippen molar-refractivity contribution >= 4 is 51.7 Å². The van der Waals surface area contributed by atoms with Gasteiger partial charge in [-0.25, -0.2) is 0 Å². The topological polar surface area (TPSA) is 3.24 Å². The van der Waals surface area contributed by atoms with Gasteiger partial charge in [-0.05, 0) is 25.1 Å². The van der Waals surface area contributed by atoms with E-state index in [1.54, 1.807) is 0 Å². The average molecular weight is 310 g/mol. The van der Waals surface area contributed by atoms with Gasteiger partial charge in [0.1, 0.15) is 0 Å². The smallest absolute Gasteiger partial charge is 0.0793 e. The monoisotopic (exact) mass is 309 g/mol. The van der Waals surface area contributed by atoms with Crippen LogP contribution in [0.2, 0.25) is 10.0 Å². The number of rotatable bonds is 3. The van der Waals surface area contributed by atoms with Crippen LogP contribution in [-0.4, -0.2) is 11.9 Å². The van der Waals surface area contributed by atoms with Crippen molar-refractivity contribution in [1.82, 2.24) is 0 Å². The Balaban J connectivity index is 2.56. The minimum absolute atomic E-state index is 0.589. The van der Waals surface area contributed by atoms with E-state index < -0.39 is 0 Å². The second-order valence-electron chi connectivity index (χ2n) is 4.21. The predicted octanol–water partition coefficient (Wildman–Crippen LogP) is 5.50. The van der Waals surface area contributed by atoms with Crippen LogP contribution in [0.25, 0.3) is 0 Å². The number of thiocarbonyl (C=S) groups is 1. The molecule has 2 aromatic carbocycles. The van der Waals surface area contributed by atoms with Gasteiger partial charge in [0, 0.05) is 23.2 Å². The van der Waals surface area contributed by atoms with Gasteiger partial charge < -0.3 is 4.90 Å². The van der Waals surface area contributed by atoms with Crippen molar-refractivity contribution in [3.05, 3.63) is 58.1 Å². The Hall–Kier alpha value is -1.09. The Morgan fingerprint density at radius 2 is 1.68 bits per heavy atom. The van der Waals surface area contributed by atoms with Gasteiger partial charge >= 0.3 is 0 Å². The molecule has 0 aliphatic heterocycles. The second kappa shape index (κ2) is 5.91. The van der Waals surface area contributed by atoms with Crippen molar-refractivity contribution in [1.29, 1.82) is 0 Å². The lowest BCUT2D eigenvalue weighted by Crippen LogP contribution is -2.11. The van der Waals surface area contributed by atoms with E-state index in [2.05, 4.69) is 0 Å². The van der Waals surface area contributed by atoms with Crippen LogP contribution in [0.5, 0.6) is 0 Å². The Kier molecular flexibility index (Phi) is 4.46. The zero-order valence-electron chi connectivity index (χ0n) is 10.7. The maximum Gasteiger partial charge on any atom is 0.0793 e. The van der Waals surface area contributed by atoms with Crippen molar-refractivity contribution in [2.45, 2.75) is 6.92 Å². The second-order valence-corrected chi connectivity index (χ2v) is 5.61. The number of benzene rings is 2. The summed E-state index contributed by atoms with van der Waals surface area (Å²) in [5.41, 5.74) is 2.64. The molecule has 0 atom stereocenters. The summed E-state index contributed by atoms with van der Waals surface area (Å²) in [6.07, 6.45) is 0. The molecule has 0 aromatic heterocycles. The third kappa shape index (κ3) is 2.92. The van der Waals surface area contributed by atoms with E-state index in [1.165, 1.54) is 0 Å². The lowest BCUT2D eigenvalue weighted by Gasteiger charge is -2.23. The van der Waals surface area contributed by atoms with E-state index in [-0.39, 0.29) is 0 Å². The molecule has 0 fully saturated rings. The Morgan fingerprint density at radius 1 is 1.05 bits per heavy atom. The van der Waals surface area contributed by atoms with E-state index in [0.717, 1.165) is 21.8 Å². The Labute approximate surface area is 128 Å². The summed E-state index contributed by atoms with van der Waals surface area (Å²) < 4.78 is 0. The summed E-state index contributed by atoms with van der Waals surface area (Å²) in [7, 11) is 1.94. The number of hydrogen-bond donors (Lipinski definition) is 0. The third-order valence-corrected chi connectivity index (χ3v) is 3.83. The molecule has 2 rings (SSSR count). The number of nitrogens with zero attached hydrogens (tertiary/aromatic N) is 1. The number of anilines is 2. The molecule has 0 saturated carbocycles. The van der Waals surface area contributed by atoms with Gasteiger partial charge in [0.2, 0.25) is 0 Å². The fraction of sp³-hybridized carbons (Fsp3) is 0.133. The van der Waals surface area contributed by atoms with E-state index >= 15 is 0 Å². The molecular formula is C15H13Cl2NS. The lowest BCUT2D eigenvalue weighted by atomic mass is 10.1. The van der Waals surface area contributed by atoms with Crippen LogP contribution in [0.4, 0.5) is 11.4 Å². The molecule has 0 saturated heterocycles. The highest BCUT2D eigenvalue weighted by molar-refractivity contribution is 7.80. The maximum atomic E-state index is 6.44. The van der Waals surface area contributed by atoms with Gasteiger partial charge in [-0.15, -0.1) is 0 Å². The zero-order valence-corrected chi connectivity index (χ0v) is 13.0. The molecule has 1 nitrogen and oxygen atoms in total. The molecule has 19 heavy (non-hydrogen) atoms. The third-order valence-electron chi connectivity index (χ3n) is 2.93. The summed E-state index contributed by atoms with van der Waals surface area (Å²) in [5, 5.41) is 1.20. The van der Waals surface area contributed by atoms with Crippen LogP contribution < -0.4 is 4.90 Å². The normalized spacial score (nSPS) is 10.3. The summed E-state index contributed by atoms with van der Waals surface area (Å²) in [4.78, 5) is 2.72.